The summed E-state index contributed by atoms with van der Waals surface area (Å²) in [7, 11) is 0. The van der Waals surface area contributed by atoms with Crippen molar-refractivity contribution >= 4 is 16.9 Å². The van der Waals surface area contributed by atoms with Gasteiger partial charge >= 0.3 is 11.8 Å². The maximum Gasteiger partial charge on any atom is 0.416 e. The molecule has 0 saturated heterocycles. The fourth-order valence-corrected chi connectivity index (χ4v) is 2.90. The van der Waals surface area contributed by atoms with Crippen LogP contribution in [0.15, 0.2) is 57.7 Å². The Labute approximate surface area is 164 Å². The van der Waals surface area contributed by atoms with Crippen molar-refractivity contribution in [2.75, 3.05) is 0 Å². The van der Waals surface area contributed by atoms with E-state index in [9.17, 15) is 22.8 Å². The molecule has 1 amide bonds. The fourth-order valence-electron chi connectivity index (χ4n) is 2.90. The Bertz CT molecular complexity index is 1100. The van der Waals surface area contributed by atoms with Gasteiger partial charge in [-0.25, -0.2) is 4.79 Å². The molecular weight excluding hydrogens is 387 g/mol. The van der Waals surface area contributed by atoms with Crippen LogP contribution in [0.4, 0.5) is 13.2 Å². The molecular formula is C21H18F3NO4. The molecule has 0 aliphatic rings. The summed E-state index contributed by atoms with van der Waals surface area (Å²) in [5, 5.41) is 2.79. The van der Waals surface area contributed by atoms with Crippen LogP contribution < -0.4 is 15.7 Å². The molecule has 0 aliphatic carbocycles. The van der Waals surface area contributed by atoms with Crippen LogP contribution in [0.1, 0.15) is 35.3 Å². The summed E-state index contributed by atoms with van der Waals surface area (Å²) in [4.78, 5) is 24.5. The Hall–Kier alpha value is -3.29. The van der Waals surface area contributed by atoms with Crippen LogP contribution >= 0.6 is 0 Å². The third kappa shape index (κ3) is 4.77. The van der Waals surface area contributed by atoms with Gasteiger partial charge in [-0.3, -0.25) is 4.79 Å². The second kappa shape index (κ2) is 7.98. The lowest BCUT2D eigenvalue weighted by molar-refractivity contribution is -0.138. The Balaban J connectivity index is 1.89. The number of hydrogen-bond acceptors (Lipinski definition) is 4. The molecule has 5 nitrogen and oxygen atoms in total. The summed E-state index contributed by atoms with van der Waals surface area (Å²) < 4.78 is 50.0. The van der Waals surface area contributed by atoms with Crippen LogP contribution in [-0.2, 0) is 12.7 Å². The number of carbonyl (C=O) groups excluding carboxylic acids is 1. The van der Waals surface area contributed by atoms with Gasteiger partial charge in [0, 0.05) is 24.1 Å². The molecule has 3 rings (SSSR count). The molecule has 8 heteroatoms. The van der Waals surface area contributed by atoms with E-state index < -0.39 is 23.3 Å². The molecule has 0 saturated carbocycles. The minimum absolute atomic E-state index is 0.0110. The van der Waals surface area contributed by atoms with Crippen molar-refractivity contribution in [3.63, 3.8) is 0 Å². The second-order valence-corrected chi connectivity index (χ2v) is 6.64. The van der Waals surface area contributed by atoms with E-state index in [2.05, 4.69) is 5.32 Å². The molecule has 1 N–H and O–H groups in total. The van der Waals surface area contributed by atoms with Gasteiger partial charge in [-0.1, -0.05) is 18.2 Å². The van der Waals surface area contributed by atoms with Crippen molar-refractivity contribution in [2.45, 2.75) is 32.7 Å². The van der Waals surface area contributed by atoms with Crippen molar-refractivity contribution in [3.8, 4) is 5.75 Å². The molecule has 0 aliphatic heterocycles. The van der Waals surface area contributed by atoms with E-state index in [4.69, 9.17) is 9.15 Å². The summed E-state index contributed by atoms with van der Waals surface area (Å²) in [5.41, 5.74) is -1.49. The predicted molar refractivity (Wildman–Crippen MR) is 101 cm³/mol. The average molecular weight is 405 g/mol. The quantitative estimate of drug-likeness (QED) is 0.634. The number of nitrogens with one attached hydrogen (secondary N) is 1. The molecule has 2 aromatic carbocycles. The number of benzene rings is 2. The molecule has 0 bridgehead atoms. The number of fused-ring (bicyclic) bond motifs is 1. The highest BCUT2D eigenvalue weighted by molar-refractivity contribution is 6.05. The first kappa shape index (κ1) is 20.4. The predicted octanol–water partition coefficient (Wildman–Crippen LogP) is 4.53. The lowest BCUT2D eigenvalue weighted by Crippen LogP contribution is -2.25. The molecule has 0 unspecified atom stereocenters. The Morgan fingerprint density at radius 1 is 1.14 bits per heavy atom. The molecule has 1 aromatic heterocycles. The van der Waals surface area contributed by atoms with Gasteiger partial charge in [0.25, 0.3) is 5.91 Å². The van der Waals surface area contributed by atoms with Gasteiger partial charge in [0.1, 0.15) is 11.3 Å². The first-order valence-corrected chi connectivity index (χ1v) is 8.83. The van der Waals surface area contributed by atoms with Gasteiger partial charge in [-0.05, 0) is 37.6 Å². The number of carbonyl (C=O) groups is 1. The smallest absolute Gasteiger partial charge is 0.416 e. The number of rotatable bonds is 5. The summed E-state index contributed by atoms with van der Waals surface area (Å²) in [6, 6.07) is 10.7. The fraction of sp³-hybridized carbons (Fsp3) is 0.238. The zero-order valence-corrected chi connectivity index (χ0v) is 15.7. The molecule has 29 heavy (non-hydrogen) atoms. The van der Waals surface area contributed by atoms with Crippen molar-refractivity contribution in [2.24, 2.45) is 0 Å². The lowest BCUT2D eigenvalue weighted by Gasteiger charge is -2.14. The van der Waals surface area contributed by atoms with Crippen LogP contribution in [0.5, 0.6) is 5.75 Å². The number of hydrogen-bond donors (Lipinski definition) is 1. The van der Waals surface area contributed by atoms with E-state index in [-0.39, 0.29) is 29.4 Å². The van der Waals surface area contributed by atoms with E-state index in [1.807, 2.05) is 13.8 Å². The number of ether oxygens (including phenoxy) is 1. The number of alkyl halides is 3. The maximum atomic E-state index is 13.1. The minimum Gasteiger partial charge on any atom is -0.491 e. The van der Waals surface area contributed by atoms with E-state index in [0.29, 0.717) is 11.1 Å². The third-order valence-electron chi connectivity index (χ3n) is 4.09. The Morgan fingerprint density at radius 3 is 2.55 bits per heavy atom. The highest BCUT2D eigenvalue weighted by atomic mass is 19.4. The first-order chi connectivity index (χ1) is 13.6. The number of amides is 1. The lowest BCUT2D eigenvalue weighted by atomic mass is 10.1. The molecule has 1 heterocycles. The minimum atomic E-state index is -4.53. The van der Waals surface area contributed by atoms with Crippen LogP contribution in [0.25, 0.3) is 11.0 Å². The van der Waals surface area contributed by atoms with Gasteiger partial charge in [0.2, 0.25) is 0 Å². The summed E-state index contributed by atoms with van der Waals surface area (Å²) >= 11 is 0. The van der Waals surface area contributed by atoms with E-state index in [1.54, 1.807) is 12.1 Å². The van der Waals surface area contributed by atoms with E-state index in [1.165, 1.54) is 24.3 Å². The topological polar surface area (TPSA) is 68.5 Å². The highest BCUT2D eigenvalue weighted by Crippen LogP contribution is 2.32. The van der Waals surface area contributed by atoms with Crippen LogP contribution in [-0.4, -0.2) is 12.0 Å². The van der Waals surface area contributed by atoms with Crippen LogP contribution in [0.3, 0.4) is 0 Å². The van der Waals surface area contributed by atoms with Gasteiger partial charge in [0.05, 0.1) is 17.2 Å². The molecule has 0 fully saturated rings. The van der Waals surface area contributed by atoms with Gasteiger partial charge in [0.15, 0.2) is 0 Å². The average Bonchev–Trinajstić information content (AvgIpc) is 2.64. The van der Waals surface area contributed by atoms with Crippen LogP contribution in [0.2, 0.25) is 0 Å². The van der Waals surface area contributed by atoms with E-state index >= 15 is 0 Å². The van der Waals surface area contributed by atoms with Gasteiger partial charge < -0.3 is 14.5 Å². The largest absolute Gasteiger partial charge is 0.491 e. The summed E-state index contributed by atoms with van der Waals surface area (Å²) in [5.74, 6) is -0.218. The first-order valence-electron chi connectivity index (χ1n) is 8.83. The summed E-state index contributed by atoms with van der Waals surface area (Å²) in [6.07, 6.45) is -4.63. The van der Waals surface area contributed by atoms with Crippen molar-refractivity contribution in [3.05, 3.63) is 75.6 Å². The molecule has 0 atom stereocenters. The molecule has 3 aromatic rings. The molecule has 0 radical (unpaired) electrons. The van der Waals surface area contributed by atoms with Crippen molar-refractivity contribution in [1.29, 1.82) is 0 Å². The number of halogens is 3. The van der Waals surface area contributed by atoms with Crippen molar-refractivity contribution in [1.82, 2.24) is 5.32 Å². The van der Waals surface area contributed by atoms with Crippen LogP contribution in [0, 0.1) is 0 Å². The summed E-state index contributed by atoms with van der Waals surface area (Å²) in [6.45, 7) is 3.33. The second-order valence-electron chi connectivity index (χ2n) is 6.64. The zero-order chi connectivity index (χ0) is 21.2. The Morgan fingerprint density at radius 2 is 1.86 bits per heavy atom. The monoisotopic (exact) mass is 405 g/mol. The normalized spacial score (nSPS) is 11.7. The molecule has 0 spiro atoms. The van der Waals surface area contributed by atoms with E-state index in [0.717, 1.165) is 12.1 Å². The van der Waals surface area contributed by atoms with Crippen molar-refractivity contribution < 1.29 is 27.1 Å². The maximum absolute atomic E-state index is 13.1. The van der Waals surface area contributed by atoms with Gasteiger partial charge in [-0.2, -0.15) is 13.2 Å². The standard InChI is InChI=1S/C21H18F3NO4/c1-12(2)28-14-7-8-15-16(10-19(26)29-18(15)9-14)20(27)25-11-13-5-3-4-6-17(13)21(22,23)24/h3-10,12H,11H2,1-2H3,(H,25,27). The van der Waals surface area contributed by atoms with Gasteiger partial charge in [-0.15, -0.1) is 0 Å². The third-order valence-corrected chi connectivity index (χ3v) is 4.09. The SMILES string of the molecule is CC(C)Oc1ccc2c(C(=O)NCc3ccccc3C(F)(F)F)cc(=O)oc2c1. The molecule has 152 valence electrons. The highest BCUT2D eigenvalue weighted by Gasteiger charge is 2.32. The zero-order valence-electron chi connectivity index (χ0n) is 15.7. The Kier molecular flexibility index (Phi) is 5.63.